The Labute approximate surface area is 155 Å². The Hall–Kier alpha value is -2.32. The van der Waals surface area contributed by atoms with E-state index in [1.54, 1.807) is 0 Å². The monoisotopic (exact) mass is 357 g/mol. The van der Waals surface area contributed by atoms with Gasteiger partial charge in [0, 0.05) is 18.2 Å². The molecule has 0 aromatic heterocycles. The van der Waals surface area contributed by atoms with Crippen LogP contribution in [0.1, 0.15) is 45.6 Å². The molecule has 2 N–H and O–H groups in total. The molecule has 2 fully saturated rings. The first kappa shape index (κ1) is 20.0. The maximum Gasteiger partial charge on any atom is 0.414 e. The number of nitrogens with zero attached hydrogens (tertiary/aromatic N) is 1. The summed E-state index contributed by atoms with van der Waals surface area (Å²) in [4.78, 5) is 20.8. The standard InChI is InChI=1S/C19H25N.C2H2O4/c1-18(2)12-17-13-19(3,14-18)15-20(17)11-7-10-16-8-5-4-6-9-16;3-1(4)2(5)6/h4-6,8-9,17H,11-15H2,1-3H3;(H,3,4)(H,5,6)/t17-,19-;/m1./s1. The fraction of sp³-hybridized carbons (Fsp3) is 0.524. The Kier molecular flexibility index (Phi) is 6.09. The minimum absolute atomic E-state index is 0.499. The van der Waals surface area contributed by atoms with Crippen LogP contribution in [0.15, 0.2) is 30.3 Å². The quantitative estimate of drug-likeness (QED) is 0.596. The van der Waals surface area contributed by atoms with Crippen LogP contribution in [0.2, 0.25) is 0 Å². The van der Waals surface area contributed by atoms with Gasteiger partial charge in [-0.3, -0.25) is 4.90 Å². The molecule has 1 aromatic rings. The van der Waals surface area contributed by atoms with E-state index < -0.39 is 11.9 Å². The van der Waals surface area contributed by atoms with Crippen molar-refractivity contribution in [2.45, 2.75) is 46.1 Å². The van der Waals surface area contributed by atoms with Crippen molar-refractivity contribution in [2.75, 3.05) is 13.1 Å². The van der Waals surface area contributed by atoms with Crippen molar-refractivity contribution >= 4 is 11.9 Å². The van der Waals surface area contributed by atoms with Gasteiger partial charge < -0.3 is 10.2 Å². The lowest BCUT2D eigenvalue weighted by atomic mass is 9.65. The zero-order valence-electron chi connectivity index (χ0n) is 15.7. The van der Waals surface area contributed by atoms with E-state index in [0.717, 1.165) is 18.2 Å². The maximum absolute atomic E-state index is 9.10. The van der Waals surface area contributed by atoms with Crippen molar-refractivity contribution in [1.82, 2.24) is 4.90 Å². The second-order valence-electron chi connectivity index (χ2n) is 8.40. The smallest absolute Gasteiger partial charge is 0.414 e. The molecule has 1 aliphatic heterocycles. The van der Waals surface area contributed by atoms with E-state index in [-0.39, 0.29) is 0 Å². The summed E-state index contributed by atoms with van der Waals surface area (Å²) in [5, 5.41) is 14.8. The summed E-state index contributed by atoms with van der Waals surface area (Å²) in [6.45, 7) is 9.47. The summed E-state index contributed by atoms with van der Waals surface area (Å²) in [5.74, 6) is 3.02. The third-order valence-corrected chi connectivity index (χ3v) is 4.99. The molecule has 26 heavy (non-hydrogen) atoms. The highest BCUT2D eigenvalue weighted by atomic mass is 16.4. The highest BCUT2D eigenvalue weighted by Gasteiger charge is 2.49. The van der Waals surface area contributed by atoms with Crippen LogP contribution in [0.5, 0.6) is 0 Å². The van der Waals surface area contributed by atoms with Crippen molar-refractivity contribution in [2.24, 2.45) is 10.8 Å². The van der Waals surface area contributed by atoms with Gasteiger partial charge in [0.2, 0.25) is 0 Å². The molecule has 140 valence electrons. The molecule has 0 spiro atoms. The van der Waals surface area contributed by atoms with Crippen molar-refractivity contribution in [3.8, 4) is 11.8 Å². The molecule has 1 heterocycles. The Morgan fingerprint density at radius 1 is 1.12 bits per heavy atom. The van der Waals surface area contributed by atoms with E-state index in [2.05, 4.69) is 61.8 Å². The number of fused-ring (bicyclic) bond motifs is 2. The third kappa shape index (κ3) is 5.60. The molecule has 1 aromatic carbocycles. The molecule has 0 radical (unpaired) electrons. The predicted molar refractivity (Wildman–Crippen MR) is 99.7 cm³/mol. The Morgan fingerprint density at radius 2 is 1.73 bits per heavy atom. The molecule has 1 saturated heterocycles. The summed E-state index contributed by atoms with van der Waals surface area (Å²) in [7, 11) is 0. The van der Waals surface area contributed by atoms with Gasteiger partial charge in [0.05, 0.1) is 6.54 Å². The molecule has 5 nitrogen and oxygen atoms in total. The molecule has 2 bridgehead atoms. The molecule has 3 rings (SSSR count). The van der Waals surface area contributed by atoms with Gasteiger partial charge in [-0.2, -0.15) is 0 Å². The number of rotatable bonds is 1. The average molecular weight is 357 g/mol. The summed E-state index contributed by atoms with van der Waals surface area (Å²) in [6, 6.07) is 11.1. The topological polar surface area (TPSA) is 77.8 Å². The normalized spacial score (nSPS) is 26.0. The molecule has 2 atom stereocenters. The van der Waals surface area contributed by atoms with Gasteiger partial charge in [-0.05, 0) is 42.2 Å². The van der Waals surface area contributed by atoms with Crippen LogP contribution in [0.4, 0.5) is 0 Å². The summed E-state index contributed by atoms with van der Waals surface area (Å²) >= 11 is 0. The zero-order chi connectivity index (χ0) is 19.4. The number of hydrogen-bond acceptors (Lipinski definition) is 3. The van der Waals surface area contributed by atoms with E-state index >= 15 is 0 Å². The van der Waals surface area contributed by atoms with Gasteiger partial charge in [0.1, 0.15) is 0 Å². The number of hydrogen-bond donors (Lipinski definition) is 2. The van der Waals surface area contributed by atoms with E-state index in [9.17, 15) is 0 Å². The van der Waals surface area contributed by atoms with Gasteiger partial charge in [-0.1, -0.05) is 50.8 Å². The number of carbonyl (C=O) groups is 2. The number of likely N-dealkylation sites (tertiary alicyclic amines) is 1. The molecule has 0 unspecified atom stereocenters. The van der Waals surface area contributed by atoms with Gasteiger partial charge in [-0.15, -0.1) is 0 Å². The molecule has 1 aliphatic carbocycles. The van der Waals surface area contributed by atoms with Crippen LogP contribution < -0.4 is 0 Å². The van der Waals surface area contributed by atoms with E-state index in [0.29, 0.717) is 10.8 Å². The second kappa shape index (κ2) is 7.92. The van der Waals surface area contributed by atoms with E-state index in [1.165, 1.54) is 25.8 Å². The first-order valence-corrected chi connectivity index (χ1v) is 8.84. The third-order valence-electron chi connectivity index (χ3n) is 4.99. The lowest BCUT2D eigenvalue weighted by molar-refractivity contribution is -0.159. The molecule has 1 saturated carbocycles. The first-order valence-electron chi connectivity index (χ1n) is 8.84. The van der Waals surface area contributed by atoms with Gasteiger partial charge in [-0.25, -0.2) is 9.59 Å². The zero-order valence-corrected chi connectivity index (χ0v) is 15.7. The summed E-state index contributed by atoms with van der Waals surface area (Å²) in [5.41, 5.74) is 2.14. The van der Waals surface area contributed by atoms with Crippen molar-refractivity contribution in [3.63, 3.8) is 0 Å². The number of benzene rings is 1. The fourth-order valence-corrected chi connectivity index (χ4v) is 4.53. The Balaban J connectivity index is 0.000000352. The van der Waals surface area contributed by atoms with Crippen LogP contribution in [-0.2, 0) is 9.59 Å². The highest BCUT2D eigenvalue weighted by Crippen LogP contribution is 2.52. The lowest BCUT2D eigenvalue weighted by Crippen LogP contribution is -2.34. The van der Waals surface area contributed by atoms with Crippen LogP contribution in [0.25, 0.3) is 0 Å². The Morgan fingerprint density at radius 3 is 2.31 bits per heavy atom. The first-order chi connectivity index (χ1) is 12.1. The highest BCUT2D eigenvalue weighted by molar-refractivity contribution is 6.27. The van der Waals surface area contributed by atoms with Crippen LogP contribution >= 0.6 is 0 Å². The second-order valence-corrected chi connectivity index (χ2v) is 8.40. The van der Waals surface area contributed by atoms with Crippen molar-refractivity contribution in [3.05, 3.63) is 35.9 Å². The minimum Gasteiger partial charge on any atom is -0.473 e. The van der Waals surface area contributed by atoms with Crippen molar-refractivity contribution < 1.29 is 19.8 Å². The Bertz CT molecular complexity index is 705. The SMILES string of the molecule is CC1(C)C[C@@H]2C[C@@](C)(CN2CC#Cc2ccccc2)C1.O=C(O)C(=O)O. The van der Waals surface area contributed by atoms with Gasteiger partial charge >= 0.3 is 11.9 Å². The lowest BCUT2D eigenvalue weighted by Gasteiger charge is -2.39. The van der Waals surface area contributed by atoms with Gasteiger partial charge in [0.15, 0.2) is 0 Å². The molecular formula is C21H27NO4. The predicted octanol–water partition coefficient (Wildman–Crippen LogP) is 3.09. The minimum atomic E-state index is -1.82. The van der Waals surface area contributed by atoms with Crippen LogP contribution in [0, 0.1) is 22.7 Å². The van der Waals surface area contributed by atoms with Crippen LogP contribution in [0.3, 0.4) is 0 Å². The fourth-order valence-electron chi connectivity index (χ4n) is 4.53. The van der Waals surface area contributed by atoms with Gasteiger partial charge in [0.25, 0.3) is 0 Å². The largest absolute Gasteiger partial charge is 0.473 e. The van der Waals surface area contributed by atoms with Crippen LogP contribution in [-0.4, -0.2) is 46.2 Å². The number of carboxylic acids is 2. The average Bonchev–Trinajstić information content (AvgIpc) is 2.77. The number of carboxylic acid groups (broad SMARTS) is 2. The number of aliphatic carboxylic acids is 2. The summed E-state index contributed by atoms with van der Waals surface area (Å²) < 4.78 is 0. The molecular weight excluding hydrogens is 330 g/mol. The maximum atomic E-state index is 9.10. The molecule has 5 heteroatoms. The summed E-state index contributed by atoms with van der Waals surface area (Å²) in [6.07, 6.45) is 4.05. The van der Waals surface area contributed by atoms with E-state index in [4.69, 9.17) is 19.8 Å². The molecule has 2 aliphatic rings. The van der Waals surface area contributed by atoms with Crippen molar-refractivity contribution in [1.29, 1.82) is 0 Å². The molecule has 0 amide bonds. The van der Waals surface area contributed by atoms with E-state index in [1.807, 2.05) is 6.07 Å².